The lowest BCUT2D eigenvalue weighted by atomic mass is 10.0. The quantitative estimate of drug-likeness (QED) is 0.385. The Labute approximate surface area is 193 Å². The zero-order chi connectivity index (χ0) is 22.8. The number of halogens is 1. The van der Waals surface area contributed by atoms with E-state index in [-0.39, 0.29) is 5.82 Å². The van der Waals surface area contributed by atoms with E-state index >= 15 is 0 Å². The van der Waals surface area contributed by atoms with Crippen molar-refractivity contribution in [1.82, 2.24) is 19.4 Å². The highest BCUT2D eigenvalue weighted by Gasteiger charge is 2.30. The summed E-state index contributed by atoms with van der Waals surface area (Å²) in [5, 5.41) is 0. The molecule has 0 saturated heterocycles. The molecule has 6 heteroatoms. The molecule has 168 valence electrons. The van der Waals surface area contributed by atoms with Crippen LogP contribution in [0.3, 0.4) is 0 Å². The van der Waals surface area contributed by atoms with Crippen molar-refractivity contribution in [1.29, 1.82) is 0 Å². The van der Waals surface area contributed by atoms with Crippen molar-refractivity contribution in [3.8, 4) is 28.3 Å². The normalized spacial score (nSPS) is 15.1. The summed E-state index contributed by atoms with van der Waals surface area (Å²) in [7, 11) is 3.84. The second kappa shape index (κ2) is 9.16. The van der Waals surface area contributed by atoms with Gasteiger partial charge in [-0.15, -0.1) is 0 Å². The molecule has 33 heavy (non-hydrogen) atoms. The molecule has 0 saturated carbocycles. The highest BCUT2D eigenvalue weighted by Crippen LogP contribution is 2.39. The van der Waals surface area contributed by atoms with Crippen LogP contribution in [0.1, 0.15) is 23.9 Å². The van der Waals surface area contributed by atoms with Crippen LogP contribution in [-0.2, 0) is 13.0 Å². The Hall–Kier alpha value is -3.51. The third-order valence-corrected chi connectivity index (χ3v) is 6.26. The van der Waals surface area contributed by atoms with Crippen LogP contribution in [0.2, 0.25) is 0 Å². The molecule has 2 aromatic carbocycles. The number of imidazole rings is 1. The molecular formula is C27H27FN4O. The van der Waals surface area contributed by atoms with Gasteiger partial charge in [0.1, 0.15) is 17.4 Å². The molecule has 1 aliphatic rings. The van der Waals surface area contributed by atoms with Crippen LogP contribution in [0.25, 0.3) is 22.5 Å². The maximum Gasteiger partial charge on any atom is 0.123 e. The van der Waals surface area contributed by atoms with E-state index in [9.17, 15) is 4.39 Å². The largest absolute Gasteiger partial charge is 0.497 e. The first-order valence-electron chi connectivity index (χ1n) is 11.2. The summed E-state index contributed by atoms with van der Waals surface area (Å²) in [6.45, 7) is 1.77. The number of aromatic nitrogens is 3. The zero-order valence-electron chi connectivity index (χ0n) is 18.9. The first-order chi connectivity index (χ1) is 16.1. The van der Waals surface area contributed by atoms with Crippen molar-refractivity contribution in [2.24, 2.45) is 0 Å². The maximum atomic E-state index is 13.6. The van der Waals surface area contributed by atoms with Gasteiger partial charge >= 0.3 is 0 Å². The highest BCUT2D eigenvalue weighted by atomic mass is 19.1. The van der Waals surface area contributed by atoms with E-state index in [1.54, 1.807) is 7.11 Å². The van der Waals surface area contributed by atoms with Gasteiger partial charge < -0.3 is 14.2 Å². The second-order valence-electron chi connectivity index (χ2n) is 8.58. The smallest absolute Gasteiger partial charge is 0.123 e. The Bertz CT molecular complexity index is 1220. The summed E-state index contributed by atoms with van der Waals surface area (Å²) in [4.78, 5) is 11.6. The number of likely N-dealkylation sites (N-methyl/N-ethyl adjacent to an activating group) is 1. The molecule has 5 nitrogen and oxygen atoms in total. The van der Waals surface area contributed by atoms with Gasteiger partial charge in [0, 0.05) is 49.1 Å². The maximum absolute atomic E-state index is 13.6. The van der Waals surface area contributed by atoms with Crippen LogP contribution in [0.5, 0.6) is 5.75 Å². The molecule has 1 aliphatic heterocycles. The molecule has 0 radical (unpaired) electrons. The standard InChI is InChI=1S/C27H27FN4O/c1-31(17-19-3-10-24(33-2)11-4-19)18-23-9-12-25-30-26(20-5-7-22(28)8-6-20)27(32(23)25)21-13-15-29-16-14-21/h3-8,10-11,13-16,23H,9,12,17-18H2,1-2H3. The van der Waals surface area contributed by atoms with E-state index in [2.05, 4.69) is 33.6 Å². The van der Waals surface area contributed by atoms with E-state index in [0.717, 1.165) is 60.0 Å². The molecule has 4 aromatic rings. The Balaban J connectivity index is 1.46. The van der Waals surface area contributed by atoms with Crippen molar-refractivity contribution < 1.29 is 9.13 Å². The summed E-state index contributed by atoms with van der Waals surface area (Å²) < 4.78 is 21.2. The van der Waals surface area contributed by atoms with Crippen LogP contribution in [-0.4, -0.2) is 40.1 Å². The van der Waals surface area contributed by atoms with Crippen LogP contribution in [0, 0.1) is 5.82 Å². The zero-order valence-corrected chi connectivity index (χ0v) is 18.9. The monoisotopic (exact) mass is 442 g/mol. The van der Waals surface area contributed by atoms with Crippen LogP contribution in [0.4, 0.5) is 4.39 Å². The third-order valence-electron chi connectivity index (χ3n) is 6.26. The van der Waals surface area contributed by atoms with E-state index in [1.807, 2.05) is 48.8 Å². The average molecular weight is 443 g/mol. The Kier molecular flexibility index (Phi) is 5.92. The summed E-state index contributed by atoms with van der Waals surface area (Å²) >= 11 is 0. The number of hydrogen-bond donors (Lipinski definition) is 0. The summed E-state index contributed by atoms with van der Waals surface area (Å²) in [6, 6.07) is 19.2. The van der Waals surface area contributed by atoms with Crippen molar-refractivity contribution in [2.45, 2.75) is 25.4 Å². The van der Waals surface area contributed by atoms with E-state index < -0.39 is 0 Å². The minimum absolute atomic E-state index is 0.242. The predicted octanol–water partition coefficient (Wildman–Crippen LogP) is 5.38. The van der Waals surface area contributed by atoms with Crippen LogP contribution in [0.15, 0.2) is 73.1 Å². The van der Waals surface area contributed by atoms with Gasteiger partial charge in [0.05, 0.1) is 18.5 Å². The molecule has 1 unspecified atom stereocenters. The lowest BCUT2D eigenvalue weighted by Crippen LogP contribution is -2.26. The number of rotatable bonds is 7. The van der Waals surface area contributed by atoms with Gasteiger partial charge in [-0.25, -0.2) is 9.37 Å². The summed E-state index contributed by atoms with van der Waals surface area (Å²) in [5.74, 6) is 1.72. The van der Waals surface area contributed by atoms with E-state index in [0.29, 0.717) is 6.04 Å². The molecule has 0 spiro atoms. The molecule has 2 aromatic heterocycles. The van der Waals surface area contributed by atoms with Crippen LogP contribution >= 0.6 is 0 Å². The van der Waals surface area contributed by atoms with Gasteiger partial charge in [0.25, 0.3) is 0 Å². The molecule has 0 N–H and O–H groups in total. The fraction of sp³-hybridized carbons (Fsp3) is 0.259. The lowest BCUT2D eigenvalue weighted by molar-refractivity contribution is 0.274. The minimum Gasteiger partial charge on any atom is -0.497 e. The van der Waals surface area contributed by atoms with Crippen molar-refractivity contribution in [3.63, 3.8) is 0 Å². The minimum atomic E-state index is -0.242. The molecule has 1 atom stereocenters. The van der Waals surface area contributed by atoms with Crippen molar-refractivity contribution in [2.75, 3.05) is 20.7 Å². The Morgan fingerprint density at radius 1 is 1.00 bits per heavy atom. The molecule has 0 fully saturated rings. The van der Waals surface area contributed by atoms with E-state index in [4.69, 9.17) is 9.72 Å². The predicted molar refractivity (Wildman–Crippen MR) is 128 cm³/mol. The number of pyridine rings is 1. The van der Waals surface area contributed by atoms with Gasteiger partial charge in [0.15, 0.2) is 0 Å². The fourth-order valence-corrected chi connectivity index (χ4v) is 4.71. The van der Waals surface area contributed by atoms with Gasteiger partial charge in [0.2, 0.25) is 0 Å². The lowest BCUT2D eigenvalue weighted by Gasteiger charge is -2.24. The number of ether oxygens (including phenoxy) is 1. The van der Waals surface area contributed by atoms with E-state index in [1.165, 1.54) is 17.7 Å². The van der Waals surface area contributed by atoms with Gasteiger partial charge in [-0.05, 0) is 67.6 Å². The molecule has 5 rings (SSSR count). The summed E-state index contributed by atoms with van der Waals surface area (Å²) in [6.07, 6.45) is 5.60. The topological polar surface area (TPSA) is 43.2 Å². The van der Waals surface area contributed by atoms with Crippen molar-refractivity contribution in [3.05, 3.63) is 90.3 Å². The van der Waals surface area contributed by atoms with Crippen molar-refractivity contribution >= 4 is 0 Å². The average Bonchev–Trinajstić information content (AvgIpc) is 3.40. The molecule has 0 amide bonds. The third kappa shape index (κ3) is 4.39. The number of methoxy groups -OCH3 is 1. The number of aryl methyl sites for hydroxylation is 1. The first-order valence-corrected chi connectivity index (χ1v) is 11.2. The van der Waals surface area contributed by atoms with Gasteiger partial charge in [-0.1, -0.05) is 12.1 Å². The first kappa shape index (κ1) is 21.3. The highest BCUT2D eigenvalue weighted by molar-refractivity contribution is 5.79. The Morgan fingerprint density at radius 3 is 2.42 bits per heavy atom. The van der Waals surface area contributed by atoms with Gasteiger partial charge in [-0.3, -0.25) is 4.98 Å². The molecule has 3 heterocycles. The second-order valence-corrected chi connectivity index (χ2v) is 8.58. The number of fused-ring (bicyclic) bond motifs is 1. The van der Waals surface area contributed by atoms with Gasteiger partial charge in [-0.2, -0.15) is 0 Å². The Morgan fingerprint density at radius 2 is 1.73 bits per heavy atom. The molecular weight excluding hydrogens is 415 g/mol. The number of nitrogens with zero attached hydrogens (tertiary/aromatic N) is 4. The fourth-order valence-electron chi connectivity index (χ4n) is 4.71. The number of benzene rings is 2. The molecule has 0 bridgehead atoms. The van der Waals surface area contributed by atoms with Crippen LogP contribution < -0.4 is 4.74 Å². The number of hydrogen-bond acceptors (Lipinski definition) is 4. The molecule has 0 aliphatic carbocycles. The SMILES string of the molecule is COc1ccc(CN(C)CC2CCc3nc(-c4ccc(F)cc4)c(-c4ccncc4)n32)cc1. The summed E-state index contributed by atoms with van der Waals surface area (Å²) in [5.41, 5.74) is 5.24.